The molecule has 0 radical (unpaired) electrons. The Labute approximate surface area is 89.5 Å². The van der Waals surface area contributed by atoms with Crippen LogP contribution in [0.4, 0.5) is 0 Å². The third-order valence-electron chi connectivity index (χ3n) is 2.68. The monoisotopic (exact) mass is 202 g/mol. The summed E-state index contributed by atoms with van der Waals surface area (Å²) in [6.07, 6.45) is 0. The van der Waals surface area contributed by atoms with Crippen molar-refractivity contribution in [2.24, 2.45) is 0 Å². The highest BCUT2D eigenvalue weighted by Gasteiger charge is 2.27. The number of rotatable bonds is 1. The first-order chi connectivity index (χ1) is 7.20. The van der Waals surface area contributed by atoms with E-state index in [2.05, 4.69) is 6.58 Å². The topological polar surface area (TPSA) is 36.3 Å². The minimum atomic E-state index is 0.115. The van der Waals surface area contributed by atoms with Gasteiger partial charge in [0.1, 0.15) is 6.61 Å². The molecule has 0 bridgehead atoms. The molecule has 0 saturated carbocycles. The fourth-order valence-corrected chi connectivity index (χ4v) is 1.71. The van der Waals surface area contributed by atoms with Gasteiger partial charge >= 0.3 is 0 Å². The van der Waals surface area contributed by atoms with Crippen molar-refractivity contribution in [1.29, 1.82) is 5.41 Å². The molecular weight excluding hydrogens is 188 g/mol. The van der Waals surface area contributed by atoms with E-state index >= 15 is 0 Å². The zero-order valence-corrected chi connectivity index (χ0v) is 8.73. The van der Waals surface area contributed by atoms with Gasteiger partial charge in [-0.3, -0.25) is 5.41 Å². The van der Waals surface area contributed by atoms with Crippen LogP contribution in [0.2, 0.25) is 0 Å². The van der Waals surface area contributed by atoms with E-state index in [9.17, 15) is 0 Å². The van der Waals surface area contributed by atoms with E-state index in [1.165, 1.54) is 0 Å². The number of ether oxygens (including phenoxy) is 1. The Morgan fingerprint density at radius 1 is 1.40 bits per heavy atom. The smallest absolute Gasteiger partial charge is 0.163 e. The average Bonchev–Trinajstić information content (AvgIpc) is 2.27. The van der Waals surface area contributed by atoms with Crippen molar-refractivity contribution in [2.75, 3.05) is 13.7 Å². The molecule has 3 heteroatoms. The van der Waals surface area contributed by atoms with E-state index in [-0.39, 0.29) is 6.04 Å². The Balaban J connectivity index is 2.25. The zero-order chi connectivity index (χ0) is 10.8. The van der Waals surface area contributed by atoms with E-state index in [0.29, 0.717) is 18.2 Å². The molecular formula is C12H14N2O. The molecule has 15 heavy (non-hydrogen) atoms. The van der Waals surface area contributed by atoms with E-state index < -0.39 is 0 Å². The quantitative estimate of drug-likeness (QED) is 0.757. The lowest BCUT2D eigenvalue weighted by molar-refractivity contribution is 0.127. The second-order valence-corrected chi connectivity index (χ2v) is 3.62. The summed E-state index contributed by atoms with van der Waals surface area (Å²) in [5.74, 6) is 0.805. The lowest BCUT2D eigenvalue weighted by Gasteiger charge is -2.35. The largest absolute Gasteiger partial charge is 0.488 e. The third kappa shape index (κ3) is 1.73. The summed E-state index contributed by atoms with van der Waals surface area (Å²) >= 11 is 0. The van der Waals surface area contributed by atoms with Gasteiger partial charge in [0.2, 0.25) is 0 Å². The second-order valence-electron chi connectivity index (χ2n) is 3.62. The molecule has 0 amide bonds. The number of nitrogens with one attached hydrogen (secondary N) is 1. The minimum Gasteiger partial charge on any atom is -0.488 e. The van der Waals surface area contributed by atoms with Crippen LogP contribution in [0.5, 0.6) is 0 Å². The van der Waals surface area contributed by atoms with Crippen LogP contribution in [-0.2, 0) is 4.74 Å². The van der Waals surface area contributed by atoms with Gasteiger partial charge in [-0.2, -0.15) is 0 Å². The summed E-state index contributed by atoms with van der Waals surface area (Å²) < 4.78 is 5.37. The van der Waals surface area contributed by atoms with Crippen LogP contribution in [0, 0.1) is 5.41 Å². The molecule has 1 aromatic rings. The fraction of sp³-hybridized carbons (Fsp3) is 0.250. The lowest BCUT2D eigenvalue weighted by Crippen LogP contribution is -2.39. The van der Waals surface area contributed by atoms with Gasteiger partial charge in [0.15, 0.2) is 11.6 Å². The van der Waals surface area contributed by atoms with Crippen molar-refractivity contribution in [3.8, 4) is 0 Å². The van der Waals surface area contributed by atoms with Gasteiger partial charge in [-0.1, -0.05) is 36.9 Å². The van der Waals surface area contributed by atoms with Crippen molar-refractivity contribution >= 4 is 5.84 Å². The van der Waals surface area contributed by atoms with Gasteiger partial charge < -0.3 is 9.64 Å². The number of likely N-dealkylation sites (N-methyl/N-ethyl adjacent to an activating group) is 1. The Hall–Kier alpha value is -1.77. The van der Waals surface area contributed by atoms with Gasteiger partial charge in [0.25, 0.3) is 0 Å². The number of nitrogens with zero attached hydrogens (tertiary/aromatic N) is 1. The molecule has 3 nitrogen and oxygen atoms in total. The molecule has 0 aromatic heterocycles. The van der Waals surface area contributed by atoms with Gasteiger partial charge in [-0.05, 0) is 5.56 Å². The summed E-state index contributed by atoms with van der Waals surface area (Å²) in [4.78, 5) is 1.89. The van der Waals surface area contributed by atoms with Crippen LogP contribution in [0.25, 0.3) is 0 Å². The van der Waals surface area contributed by atoms with Crippen LogP contribution >= 0.6 is 0 Å². The van der Waals surface area contributed by atoms with E-state index in [4.69, 9.17) is 10.1 Å². The molecule has 1 atom stereocenters. The standard InChI is InChI=1S/C12H14N2O/c1-9-12(13)14(2)11(8-15-9)10-6-4-3-5-7-10/h3-7,11,13H,1,8H2,2H3. The molecule has 1 N–H and O–H groups in total. The maximum atomic E-state index is 7.78. The number of hydrogen-bond acceptors (Lipinski definition) is 2. The fourth-order valence-electron chi connectivity index (χ4n) is 1.71. The summed E-state index contributed by atoms with van der Waals surface area (Å²) in [6, 6.07) is 10.2. The van der Waals surface area contributed by atoms with Crippen molar-refractivity contribution in [2.45, 2.75) is 6.04 Å². The van der Waals surface area contributed by atoms with Crippen LogP contribution in [0.1, 0.15) is 11.6 Å². The van der Waals surface area contributed by atoms with Gasteiger partial charge in [-0.15, -0.1) is 0 Å². The van der Waals surface area contributed by atoms with Gasteiger partial charge in [0, 0.05) is 7.05 Å². The van der Waals surface area contributed by atoms with E-state index in [1.807, 2.05) is 42.3 Å². The van der Waals surface area contributed by atoms with Crippen LogP contribution < -0.4 is 0 Å². The highest BCUT2D eigenvalue weighted by atomic mass is 16.5. The average molecular weight is 202 g/mol. The second kappa shape index (κ2) is 3.77. The third-order valence-corrected chi connectivity index (χ3v) is 2.68. The molecule has 2 rings (SSSR count). The Kier molecular flexibility index (Phi) is 2.46. The molecule has 1 aliphatic rings. The summed E-state index contributed by atoms with van der Waals surface area (Å²) in [5, 5.41) is 7.78. The first-order valence-electron chi connectivity index (χ1n) is 4.88. The SMILES string of the molecule is C=C1OCC(c2ccccc2)N(C)C1=N. The van der Waals surface area contributed by atoms with E-state index in [1.54, 1.807) is 0 Å². The number of hydrogen-bond donors (Lipinski definition) is 1. The van der Waals surface area contributed by atoms with Gasteiger partial charge in [-0.25, -0.2) is 0 Å². The molecule has 1 heterocycles. The molecule has 0 spiro atoms. The van der Waals surface area contributed by atoms with Crippen LogP contribution in [0.15, 0.2) is 42.7 Å². The first kappa shape index (κ1) is 9.77. The predicted molar refractivity (Wildman–Crippen MR) is 59.8 cm³/mol. The molecule has 78 valence electrons. The van der Waals surface area contributed by atoms with Crippen molar-refractivity contribution < 1.29 is 4.74 Å². The Morgan fingerprint density at radius 2 is 2.07 bits per heavy atom. The first-order valence-corrected chi connectivity index (χ1v) is 4.88. The normalized spacial score (nSPS) is 21.4. The van der Waals surface area contributed by atoms with Crippen molar-refractivity contribution in [3.63, 3.8) is 0 Å². The highest BCUT2D eigenvalue weighted by molar-refractivity contribution is 5.94. The number of benzene rings is 1. The summed E-state index contributed by atoms with van der Waals surface area (Å²) in [6.45, 7) is 4.24. The minimum absolute atomic E-state index is 0.115. The maximum absolute atomic E-state index is 7.78. The molecule has 0 aliphatic carbocycles. The Bertz CT molecular complexity index is 386. The summed E-state index contributed by atoms with van der Waals surface area (Å²) in [5.41, 5.74) is 1.16. The van der Waals surface area contributed by atoms with Crippen molar-refractivity contribution in [1.82, 2.24) is 4.90 Å². The lowest BCUT2D eigenvalue weighted by atomic mass is 10.1. The number of morpholine rings is 1. The molecule has 1 aromatic carbocycles. The van der Waals surface area contributed by atoms with Crippen molar-refractivity contribution in [3.05, 3.63) is 48.2 Å². The zero-order valence-electron chi connectivity index (χ0n) is 8.73. The van der Waals surface area contributed by atoms with Crippen LogP contribution in [0.3, 0.4) is 0 Å². The van der Waals surface area contributed by atoms with Gasteiger partial charge in [0.05, 0.1) is 6.04 Å². The predicted octanol–water partition coefficient (Wildman–Crippen LogP) is 2.18. The molecule has 1 saturated heterocycles. The van der Waals surface area contributed by atoms with Crippen LogP contribution in [-0.4, -0.2) is 24.4 Å². The summed E-state index contributed by atoms with van der Waals surface area (Å²) in [7, 11) is 1.90. The molecule has 1 aliphatic heterocycles. The highest BCUT2D eigenvalue weighted by Crippen LogP contribution is 2.26. The number of amidine groups is 1. The Morgan fingerprint density at radius 3 is 2.73 bits per heavy atom. The molecule has 1 unspecified atom stereocenters. The maximum Gasteiger partial charge on any atom is 0.163 e. The molecule has 1 fully saturated rings. The van der Waals surface area contributed by atoms with E-state index in [0.717, 1.165) is 5.56 Å².